The summed E-state index contributed by atoms with van der Waals surface area (Å²) in [6, 6.07) is 5.30. The number of pyridine rings is 1. The fourth-order valence-electron chi connectivity index (χ4n) is 2.22. The SMILES string of the molecule is CCCN(CCO)S(=O)(=O)c1c(NC)nc2ccccn12. The highest BCUT2D eigenvalue weighted by molar-refractivity contribution is 7.89. The van der Waals surface area contributed by atoms with E-state index in [1.807, 2.05) is 6.92 Å². The Morgan fingerprint density at radius 3 is 2.76 bits per heavy atom. The van der Waals surface area contributed by atoms with Gasteiger partial charge in [-0.05, 0) is 18.6 Å². The summed E-state index contributed by atoms with van der Waals surface area (Å²) in [5, 5.41) is 12.0. The van der Waals surface area contributed by atoms with Crippen molar-refractivity contribution in [1.29, 1.82) is 0 Å². The zero-order chi connectivity index (χ0) is 15.5. The third-order valence-corrected chi connectivity index (χ3v) is 5.05. The summed E-state index contributed by atoms with van der Waals surface area (Å²) in [7, 11) is -2.10. The molecule has 0 atom stereocenters. The minimum atomic E-state index is -3.74. The third kappa shape index (κ3) is 2.87. The van der Waals surface area contributed by atoms with Crippen LogP contribution in [-0.4, -0.2) is 54.0 Å². The van der Waals surface area contributed by atoms with Gasteiger partial charge in [0, 0.05) is 26.3 Å². The molecule has 0 aromatic carbocycles. The summed E-state index contributed by atoms with van der Waals surface area (Å²) in [4.78, 5) is 4.28. The molecule has 0 amide bonds. The van der Waals surface area contributed by atoms with E-state index in [-0.39, 0.29) is 18.2 Å². The van der Waals surface area contributed by atoms with E-state index >= 15 is 0 Å². The molecule has 0 radical (unpaired) electrons. The molecule has 0 unspecified atom stereocenters. The molecule has 0 bridgehead atoms. The Morgan fingerprint density at radius 1 is 1.38 bits per heavy atom. The van der Waals surface area contributed by atoms with Crippen LogP contribution in [0.4, 0.5) is 5.82 Å². The molecule has 116 valence electrons. The van der Waals surface area contributed by atoms with Crippen LogP contribution in [0.25, 0.3) is 5.65 Å². The predicted molar refractivity (Wildman–Crippen MR) is 80.9 cm³/mol. The van der Waals surface area contributed by atoms with Crippen LogP contribution in [0.15, 0.2) is 29.4 Å². The Labute approximate surface area is 124 Å². The Balaban J connectivity index is 2.62. The highest BCUT2D eigenvalue weighted by Gasteiger charge is 2.30. The van der Waals surface area contributed by atoms with E-state index in [1.165, 1.54) is 4.31 Å². The zero-order valence-electron chi connectivity index (χ0n) is 12.2. The van der Waals surface area contributed by atoms with Crippen LogP contribution in [0.5, 0.6) is 0 Å². The number of nitrogens with zero attached hydrogens (tertiary/aromatic N) is 3. The first-order valence-corrected chi connectivity index (χ1v) is 8.26. The van der Waals surface area contributed by atoms with Crippen LogP contribution < -0.4 is 5.32 Å². The van der Waals surface area contributed by atoms with Gasteiger partial charge in [-0.3, -0.25) is 4.40 Å². The molecule has 2 N–H and O–H groups in total. The second kappa shape index (κ2) is 6.42. The van der Waals surface area contributed by atoms with Crippen molar-refractivity contribution >= 4 is 21.5 Å². The predicted octanol–water partition coefficient (Wildman–Crippen LogP) is 0.769. The number of imidazole rings is 1. The smallest absolute Gasteiger partial charge is 0.262 e. The Morgan fingerprint density at radius 2 is 2.14 bits per heavy atom. The Hall–Kier alpha value is -1.64. The monoisotopic (exact) mass is 312 g/mol. The number of nitrogens with one attached hydrogen (secondary N) is 1. The topological polar surface area (TPSA) is 86.9 Å². The molecule has 2 aromatic rings. The lowest BCUT2D eigenvalue weighted by molar-refractivity contribution is 0.253. The van der Waals surface area contributed by atoms with E-state index in [0.29, 0.717) is 24.4 Å². The highest BCUT2D eigenvalue weighted by atomic mass is 32.2. The molecule has 0 aliphatic carbocycles. The van der Waals surface area contributed by atoms with Crippen molar-refractivity contribution in [3.05, 3.63) is 24.4 Å². The first-order valence-electron chi connectivity index (χ1n) is 6.82. The molecule has 0 spiro atoms. The Bertz CT molecular complexity index is 705. The van der Waals surface area contributed by atoms with Gasteiger partial charge in [0.1, 0.15) is 5.65 Å². The fraction of sp³-hybridized carbons (Fsp3) is 0.462. The average Bonchev–Trinajstić information content (AvgIpc) is 2.86. The molecule has 8 heteroatoms. The minimum absolute atomic E-state index is 0.0688. The first kappa shape index (κ1) is 15.7. The van der Waals surface area contributed by atoms with Crippen LogP contribution in [0.3, 0.4) is 0 Å². The van der Waals surface area contributed by atoms with Crippen molar-refractivity contribution in [1.82, 2.24) is 13.7 Å². The molecule has 0 saturated carbocycles. The molecule has 0 aliphatic rings. The first-order chi connectivity index (χ1) is 10.1. The van der Waals surface area contributed by atoms with E-state index in [1.54, 1.807) is 35.8 Å². The van der Waals surface area contributed by atoms with Gasteiger partial charge in [-0.1, -0.05) is 13.0 Å². The number of fused-ring (bicyclic) bond motifs is 1. The summed E-state index contributed by atoms with van der Waals surface area (Å²) in [6.07, 6.45) is 2.34. The molecule has 0 fully saturated rings. The van der Waals surface area contributed by atoms with Gasteiger partial charge in [0.05, 0.1) is 6.61 Å². The van der Waals surface area contributed by atoms with Gasteiger partial charge in [-0.25, -0.2) is 13.4 Å². The summed E-state index contributed by atoms with van der Waals surface area (Å²) in [6.45, 7) is 2.10. The number of sulfonamides is 1. The normalized spacial score (nSPS) is 12.2. The number of anilines is 1. The van der Waals surface area contributed by atoms with E-state index in [2.05, 4.69) is 10.3 Å². The average molecular weight is 312 g/mol. The largest absolute Gasteiger partial charge is 0.395 e. The van der Waals surface area contributed by atoms with Crippen molar-refractivity contribution in [3.63, 3.8) is 0 Å². The molecule has 0 aliphatic heterocycles. The Kier molecular flexibility index (Phi) is 4.81. The second-order valence-corrected chi connectivity index (χ2v) is 6.43. The number of aromatic nitrogens is 2. The zero-order valence-corrected chi connectivity index (χ0v) is 13.0. The van der Waals surface area contributed by atoms with Gasteiger partial charge < -0.3 is 10.4 Å². The van der Waals surface area contributed by atoms with Crippen molar-refractivity contribution < 1.29 is 13.5 Å². The lowest BCUT2D eigenvalue weighted by atomic mass is 10.5. The van der Waals surface area contributed by atoms with Gasteiger partial charge in [0.2, 0.25) is 0 Å². The summed E-state index contributed by atoms with van der Waals surface area (Å²) < 4.78 is 28.6. The highest BCUT2D eigenvalue weighted by Crippen LogP contribution is 2.25. The molecule has 2 rings (SSSR count). The van der Waals surface area contributed by atoms with Crippen molar-refractivity contribution in [2.24, 2.45) is 0 Å². The molecule has 0 saturated heterocycles. The van der Waals surface area contributed by atoms with Gasteiger partial charge >= 0.3 is 0 Å². The fourth-order valence-corrected chi connectivity index (χ4v) is 4.00. The van der Waals surface area contributed by atoms with Crippen LogP contribution in [-0.2, 0) is 10.0 Å². The standard InChI is InChI=1S/C13H20N4O3S/c1-3-7-16(9-10-18)21(19,20)13-12(14-2)15-11-6-4-5-8-17(11)13/h4-6,8,14,18H,3,7,9-10H2,1-2H3. The second-order valence-electron chi connectivity index (χ2n) is 4.57. The summed E-state index contributed by atoms with van der Waals surface area (Å²) in [5.74, 6) is 0.306. The minimum Gasteiger partial charge on any atom is -0.395 e. The van der Waals surface area contributed by atoms with Crippen LogP contribution in [0.2, 0.25) is 0 Å². The van der Waals surface area contributed by atoms with Crippen LogP contribution in [0, 0.1) is 0 Å². The van der Waals surface area contributed by atoms with E-state index in [4.69, 9.17) is 5.11 Å². The molecular weight excluding hydrogens is 292 g/mol. The van der Waals surface area contributed by atoms with E-state index < -0.39 is 10.0 Å². The lowest BCUT2D eigenvalue weighted by Crippen LogP contribution is -2.35. The maximum Gasteiger partial charge on any atom is 0.262 e. The molecular formula is C13H20N4O3S. The van der Waals surface area contributed by atoms with E-state index in [0.717, 1.165) is 0 Å². The van der Waals surface area contributed by atoms with Gasteiger partial charge in [0.25, 0.3) is 10.0 Å². The van der Waals surface area contributed by atoms with Crippen LogP contribution in [0.1, 0.15) is 13.3 Å². The number of hydrogen-bond acceptors (Lipinski definition) is 5. The number of hydrogen-bond donors (Lipinski definition) is 2. The van der Waals surface area contributed by atoms with Gasteiger partial charge in [-0.15, -0.1) is 0 Å². The molecule has 2 aromatic heterocycles. The van der Waals surface area contributed by atoms with Gasteiger partial charge in [0.15, 0.2) is 10.8 Å². The van der Waals surface area contributed by atoms with E-state index in [9.17, 15) is 8.42 Å². The summed E-state index contributed by atoms with van der Waals surface area (Å²) in [5.41, 5.74) is 0.556. The molecule has 7 nitrogen and oxygen atoms in total. The van der Waals surface area contributed by atoms with Crippen molar-refractivity contribution in [2.45, 2.75) is 18.4 Å². The third-order valence-electron chi connectivity index (χ3n) is 3.13. The number of aliphatic hydroxyl groups excluding tert-OH is 1. The van der Waals surface area contributed by atoms with Crippen molar-refractivity contribution in [3.8, 4) is 0 Å². The number of aliphatic hydroxyl groups is 1. The van der Waals surface area contributed by atoms with Crippen LogP contribution >= 0.6 is 0 Å². The maximum absolute atomic E-state index is 12.9. The summed E-state index contributed by atoms with van der Waals surface area (Å²) >= 11 is 0. The number of rotatable bonds is 7. The molecule has 21 heavy (non-hydrogen) atoms. The van der Waals surface area contributed by atoms with Gasteiger partial charge in [-0.2, -0.15) is 4.31 Å². The van der Waals surface area contributed by atoms with Crippen molar-refractivity contribution in [2.75, 3.05) is 32.1 Å². The molecule has 2 heterocycles. The lowest BCUT2D eigenvalue weighted by Gasteiger charge is -2.20. The quantitative estimate of drug-likeness (QED) is 0.788. The maximum atomic E-state index is 12.9.